The molecule has 4 heterocycles. The number of aryl methyl sites for hydroxylation is 1. The minimum atomic E-state index is -0.213. The van der Waals surface area contributed by atoms with E-state index in [0.29, 0.717) is 18.8 Å². The van der Waals surface area contributed by atoms with Crippen molar-refractivity contribution in [3.63, 3.8) is 0 Å². The highest BCUT2D eigenvalue weighted by Crippen LogP contribution is 2.46. The normalized spacial score (nSPS) is 16.7. The van der Waals surface area contributed by atoms with Crippen LogP contribution >= 0.6 is 11.3 Å². The molecule has 9 heteroatoms. The Labute approximate surface area is 230 Å². The molecule has 0 aliphatic carbocycles. The van der Waals surface area contributed by atoms with Crippen LogP contribution in [-0.2, 0) is 11.3 Å². The minimum absolute atomic E-state index is 0.0328. The van der Waals surface area contributed by atoms with E-state index in [9.17, 15) is 9.59 Å². The molecule has 3 amide bonds. The Kier molecular flexibility index (Phi) is 6.76. The molecule has 0 radical (unpaired) electrons. The molecule has 0 spiro atoms. The summed E-state index contributed by atoms with van der Waals surface area (Å²) in [7, 11) is 0. The van der Waals surface area contributed by atoms with Crippen LogP contribution in [0.3, 0.4) is 0 Å². The lowest BCUT2D eigenvalue weighted by Crippen LogP contribution is -2.47. The summed E-state index contributed by atoms with van der Waals surface area (Å²) in [6.45, 7) is 7.58. The van der Waals surface area contributed by atoms with E-state index in [2.05, 4.69) is 22.2 Å². The number of aromatic nitrogens is 1. The van der Waals surface area contributed by atoms with Gasteiger partial charge < -0.3 is 20.3 Å². The zero-order valence-electron chi connectivity index (χ0n) is 21.6. The van der Waals surface area contributed by atoms with Crippen LogP contribution < -0.4 is 20.3 Å². The summed E-state index contributed by atoms with van der Waals surface area (Å²) < 4.78 is 5.99. The van der Waals surface area contributed by atoms with Crippen LogP contribution in [0.25, 0.3) is 10.2 Å². The number of para-hydroxylation sites is 1. The molecule has 1 saturated heterocycles. The van der Waals surface area contributed by atoms with Gasteiger partial charge in [-0.3, -0.25) is 9.69 Å². The van der Waals surface area contributed by atoms with E-state index in [1.807, 2.05) is 66.4 Å². The first-order valence-electron chi connectivity index (χ1n) is 13.0. The fourth-order valence-electron chi connectivity index (χ4n) is 5.28. The third-order valence-electron chi connectivity index (χ3n) is 7.17. The number of urea groups is 1. The average Bonchev–Trinajstić information content (AvgIpc) is 3.31. The van der Waals surface area contributed by atoms with Crippen molar-refractivity contribution in [1.82, 2.24) is 15.2 Å². The summed E-state index contributed by atoms with van der Waals surface area (Å²) in [6, 6.07) is 17.2. The van der Waals surface area contributed by atoms with E-state index < -0.39 is 0 Å². The summed E-state index contributed by atoms with van der Waals surface area (Å²) in [5.41, 5.74) is 3.32. The predicted molar refractivity (Wildman–Crippen MR) is 155 cm³/mol. The maximum atomic E-state index is 13.5. The number of likely N-dealkylation sites (tertiary alicyclic amines) is 1. The number of anilines is 3. The standard InChI is InChI=1S/C30H29N5O3S/c1-3-26(36)34-15-7-8-20(18-34)32-17-25-28-27-24(13-14-31-29(27)39-25)35(30(37)33-28)23-12-11-22(16-19(23)2)38-21-9-5-4-6-10-21/h3-6,9-14,16,20,32H,1,7-8,15,17-18H2,2H3,(H,33,37). The van der Waals surface area contributed by atoms with Crippen LogP contribution in [0.2, 0.25) is 0 Å². The number of carbonyl (C=O) groups is 2. The Morgan fingerprint density at radius 3 is 2.85 bits per heavy atom. The van der Waals surface area contributed by atoms with Gasteiger partial charge in [0.25, 0.3) is 0 Å². The molecule has 2 aromatic heterocycles. The second-order valence-electron chi connectivity index (χ2n) is 9.75. The van der Waals surface area contributed by atoms with Gasteiger partial charge in [0.05, 0.1) is 22.4 Å². The summed E-state index contributed by atoms with van der Waals surface area (Å²) in [4.78, 5) is 35.7. The average molecular weight is 540 g/mol. The number of hydrogen-bond acceptors (Lipinski definition) is 6. The number of nitrogens with one attached hydrogen (secondary N) is 2. The van der Waals surface area contributed by atoms with E-state index in [0.717, 1.165) is 62.9 Å². The molecule has 1 unspecified atom stereocenters. The highest BCUT2D eigenvalue weighted by Gasteiger charge is 2.32. The molecule has 2 aliphatic heterocycles. The van der Waals surface area contributed by atoms with Gasteiger partial charge in [-0.05, 0) is 67.8 Å². The molecule has 2 N–H and O–H groups in total. The summed E-state index contributed by atoms with van der Waals surface area (Å²) in [5.74, 6) is 1.43. The molecule has 39 heavy (non-hydrogen) atoms. The zero-order valence-corrected chi connectivity index (χ0v) is 22.5. The molecular weight excluding hydrogens is 510 g/mol. The van der Waals surface area contributed by atoms with Gasteiger partial charge in [-0.1, -0.05) is 24.8 Å². The Hall–Kier alpha value is -4.21. The fraction of sp³-hybridized carbons (Fsp3) is 0.233. The third kappa shape index (κ3) is 4.86. The topological polar surface area (TPSA) is 86.8 Å². The number of ether oxygens (including phenoxy) is 1. The molecule has 198 valence electrons. The Balaban J connectivity index is 1.26. The Bertz CT molecular complexity index is 1570. The Morgan fingerprint density at radius 1 is 1.21 bits per heavy atom. The first-order chi connectivity index (χ1) is 19.0. The van der Waals surface area contributed by atoms with Crippen molar-refractivity contribution >= 4 is 50.6 Å². The molecule has 0 saturated carbocycles. The van der Waals surface area contributed by atoms with Gasteiger partial charge in [-0.15, -0.1) is 11.3 Å². The van der Waals surface area contributed by atoms with Crippen LogP contribution in [0.15, 0.2) is 73.4 Å². The van der Waals surface area contributed by atoms with Crippen LogP contribution in [0.5, 0.6) is 11.5 Å². The molecule has 0 bridgehead atoms. The number of nitrogens with zero attached hydrogens (tertiary/aromatic N) is 3. The first kappa shape index (κ1) is 25.1. The maximum absolute atomic E-state index is 13.5. The molecule has 2 aliphatic rings. The number of benzene rings is 2. The largest absolute Gasteiger partial charge is 0.457 e. The lowest BCUT2D eigenvalue weighted by molar-refractivity contribution is -0.127. The second kappa shape index (κ2) is 10.5. The number of carbonyl (C=O) groups excluding carboxylic acids is 2. The highest BCUT2D eigenvalue weighted by atomic mass is 32.1. The van der Waals surface area contributed by atoms with Gasteiger partial charge in [-0.2, -0.15) is 0 Å². The van der Waals surface area contributed by atoms with Crippen molar-refractivity contribution in [2.45, 2.75) is 32.4 Å². The van der Waals surface area contributed by atoms with Gasteiger partial charge in [0.2, 0.25) is 5.91 Å². The lowest BCUT2D eigenvalue weighted by Gasteiger charge is -2.33. The van der Waals surface area contributed by atoms with Crippen molar-refractivity contribution in [3.05, 3.63) is 83.9 Å². The van der Waals surface area contributed by atoms with Crippen molar-refractivity contribution in [3.8, 4) is 11.5 Å². The van der Waals surface area contributed by atoms with E-state index in [-0.39, 0.29) is 18.0 Å². The Morgan fingerprint density at radius 2 is 2.05 bits per heavy atom. The monoisotopic (exact) mass is 539 g/mol. The van der Waals surface area contributed by atoms with Crippen LogP contribution in [-0.4, -0.2) is 41.0 Å². The third-order valence-corrected chi connectivity index (χ3v) is 8.26. The first-order valence-corrected chi connectivity index (χ1v) is 13.8. The minimum Gasteiger partial charge on any atom is -0.457 e. The van der Waals surface area contributed by atoms with Crippen LogP contribution in [0, 0.1) is 6.92 Å². The number of rotatable bonds is 7. The number of hydrogen-bond donors (Lipinski definition) is 2. The number of piperidine rings is 1. The second-order valence-corrected chi connectivity index (χ2v) is 10.8. The maximum Gasteiger partial charge on any atom is 0.331 e. The van der Waals surface area contributed by atoms with Crippen molar-refractivity contribution in [2.24, 2.45) is 0 Å². The van der Waals surface area contributed by atoms with Gasteiger partial charge in [0.1, 0.15) is 16.3 Å². The molecular formula is C30H29N5O3S. The molecule has 6 rings (SSSR count). The molecule has 1 fully saturated rings. The summed E-state index contributed by atoms with van der Waals surface area (Å²) in [6.07, 6.45) is 5.07. The van der Waals surface area contributed by atoms with Crippen molar-refractivity contribution in [1.29, 1.82) is 0 Å². The van der Waals surface area contributed by atoms with E-state index in [1.165, 1.54) is 6.08 Å². The number of thiophene rings is 1. The SMILES string of the molecule is C=CC(=O)N1CCCC(NCc2sc3nccc4c3c2NC(=O)N4c2ccc(Oc3ccccc3)cc2C)C1. The molecule has 4 aromatic rings. The summed E-state index contributed by atoms with van der Waals surface area (Å²) >= 11 is 1.58. The van der Waals surface area contributed by atoms with Crippen LogP contribution in [0.1, 0.15) is 23.3 Å². The summed E-state index contributed by atoms with van der Waals surface area (Å²) in [5, 5.41) is 7.67. The molecule has 8 nitrogen and oxygen atoms in total. The van der Waals surface area contributed by atoms with E-state index in [4.69, 9.17) is 4.74 Å². The van der Waals surface area contributed by atoms with Gasteiger partial charge in [-0.25, -0.2) is 9.78 Å². The predicted octanol–water partition coefficient (Wildman–Crippen LogP) is 6.35. The molecule has 2 aromatic carbocycles. The van der Waals surface area contributed by atoms with Gasteiger partial charge in [0, 0.05) is 36.8 Å². The quantitative estimate of drug-likeness (QED) is 0.267. The zero-order chi connectivity index (χ0) is 26.9. The van der Waals surface area contributed by atoms with Gasteiger partial charge >= 0.3 is 6.03 Å². The lowest BCUT2D eigenvalue weighted by atomic mass is 10.1. The molecule has 1 atom stereocenters. The van der Waals surface area contributed by atoms with Gasteiger partial charge in [0.15, 0.2) is 0 Å². The van der Waals surface area contributed by atoms with Crippen molar-refractivity contribution in [2.75, 3.05) is 23.3 Å². The fourth-order valence-corrected chi connectivity index (χ4v) is 6.35. The number of pyridine rings is 1. The highest BCUT2D eigenvalue weighted by molar-refractivity contribution is 7.19. The smallest absolute Gasteiger partial charge is 0.331 e. The van der Waals surface area contributed by atoms with E-state index in [1.54, 1.807) is 22.4 Å². The number of amides is 3. The van der Waals surface area contributed by atoms with E-state index >= 15 is 0 Å². The van der Waals surface area contributed by atoms with Crippen LogP contribution in [0.4, 0.5) is 21.9 Å². The van der Waals surface area contributed by atoms with Crippen molar-refractivity contribution < 1.29 is 14.3 Å².